The van der Waals surface area contributed by atoms with Gasteiger partial charge in [0.25, 0.3) is 0 Å². The SMILES string of the molecule is [2H]c1c([2H])c([2H])c(-c2c([2H])c(-c3c([2H])c([2H])c([2H])c([2H])c3[2H])c3c(c2[2H])c2c([2H])c([2H])c(N(c4c([2H])c([2H])c([2H])c([2H])c4[2H])c4c([2H])c([2H])c5c(sc6c([2H])c([2H])c([2H])c([2H])c65)c4[2H])c([2H])c2n3-c2c([2H])c([2H])c([2H])c([2H])c2[2H])c([2H])c1[2H]. The third-order valence-corrected chi connectivity index (χ3v) is 8.71. The van der Waals surface area contributed by atoms with Crippen LogP contribution in [0.5, 0.6) is 0 Å². The van der Waals surface area contributed by atoms with Gasteiger partial charge in [0, 0.05) is 59.3 Å². The van der Waals surface area contributed by atoms with Crippen LogP contribution in [0, 0.1) is 0 Å². The number of nitrogens with zero attached hydrogens (tertiary/aromatic N) is 2. The van der Waals surface area contributed by atoms with Crippen LogP contribution in [0.4, 0.5) is 17.1 Å². The second kappa shape index (κ2) is 12.2. The van der Waals surface area contributed by atoms with Crippen molar-refractivity contribution >= 4 is 70.4 Å². The molecule has 0 saturated carbocycles. The molecule has 0 bridgehead atoms. The highest BCUT2D eigenvalue weighted by molar-refractivity contribution is 7.25. The van der Waals surface area contributed by atoms with E-state index in [1.807, 2.05) is 0 Å². The number of benzene rings is 8. The molecule has 0 radical (unpaired) electrons. The number of aromatic nitrogens is 1. The Morgan fingerprint density at radius 1 is 0.412 bits per heavy atom. The first-order chi connectivity index (χ1) is 38.6. The first-order valence-electron chi connectivity index (χ1n) is 30.7. The van der Waals surface area contributed by atoms with Crippen LogP contribution in [0.3, 0.4) is 0 Å². The molecule has 0 spiro atoms. The molecule has 2 nitrogen and oxygen atoms in total. The number of hydrogen-bond donors (Lipinski definition) is 0. The molecular weight excluding hydrogens is 637 g/mol. The highest BCUT2D eigenvalue weighted by atomic mass is 32.1. The van der Waals surface area contributed by atoms with Crippen LogP contribution < -0.4 is 4.90 Å². The average molecular weight is 701 g/mol. The van der Waals surface area contributed by atoms with Crippen LogP contribution >= 0.6 is 11.3 Å². The summed E-state index contributed by atoms with van der Waals surface area (Å²) in [5.74, 6) is 0. The standard InChI is InChI=1S/C48H32N2S/c1-5-15-33(16-6-1)35-29-43(34-17-7-2-8-18-34)48-44(30-35)40-27-25-38(31-45(40)50(48)37-21-11-4-12-22-37)49(36-19-9-3-10-20-36)39-26-28-42-41-23-13-14-24-46(41)51-47(42)32-39/h1-32H/i1D,2D,3D,4D,5D,6D,7D,8D,9D,10D,11D,12D,13D,14D,15D,16D,17D,18D,19D,20D,21D,22D,23D,24D,25D,26D,27D,28D,29D,30D,31D,32D. The molecule has 0 unspecified atom stereocenters. The molecule has 0 atom stereocenters. The van der Waals surface area contributed by atoms with Crippen molar-refractivity contribution in [3.63, 3.8) is 0 Å². The minimum absolute atomic E-state index is 0.211. The maximum absolute atomic E-state index is 10.4. The van der Waals surface area contributed by atoms with E-state index in [0.29, 0.717) is 20.8 Å². The minimum Gasteiger partial charge on any atom is -0.310 e. The Morgan fingerprint density at radius 2 is 1.00 bits per heavy atom. The molecule has 0 aliphatic carbocycles. The minimum atomic E-state index is -1.26. The van der Waals surface area contributed by atoms with Gasteiger partial charge in [0.05, 0.1) is 54.9 Å². The van der Waals surface area contributed by atoms with E-state index >= 15 is 0 Å². The molecule has 0 fully saturated rings. The monoisotopic (exact) mass is 700 g/mol. The van der Waals surface area contributed by atoms with Gasteiger partial charge in [-0.05, 0) is 83.2 Å². The largest absolute Gasteiger partial charge is 0.310 e. The van der Waals surface area contributed by atoms with Crippen LogP contribution in [0.15, 0.2) is 193 Å². The second-order valence-corrected chi connectivity index (χ2v) is 11.5. The van der Waals surface area contributed by atoms with Crippen molar-refractivity contribution in [2.45, 2.75) is 0 Å². The van der Waals surface area contributed by atoms with Gasteiger partial charge in [-0.25, -0.2) is 0 Å². The van der Waals surface area contributed by atoms with Gasteiger partial charge in [0.15, 0.2) is 0 Å². The molecular formula is C48H32N2S. The lowest BCUT2D eigenvalue weighted by atomic mass is 9.95. The molecule has 10 aromatic rings. The zero-order chi connectivity index (χ0) is 61.6. The van der Waals surface area contributed by atoms with Gasteiger partial charge in [-0.2, -0.15) is 0 Å². The molecule has 0 N–H and O–H groups in total. The van der Waals surface area contributed by atoms with Crippen molar-refractivity contribution in [1.82, 2.24) is 4.57 Å². The molecule has 8 aromatic carbocycles. The smallest absolute Gasteiger partial charge is 0.0667 e. The number of fused-ring (bicyclic) bond motifs is 6. The molecule has 2 heterocycles. The van der Waals surface area contributed by atoms with Crippen molar-refractivity contribution in [2.24, 2.45) is 0 Å². The Hall–Kier alpha value is -6.42. The molecule has 3 heteroatoms. The van der Waals surface area contributed by atoms with Crippen LogP contribution in [0.25, 0.3) is 69.9 Å². The van der Waals surface area contributed by atoms with E-state index in [4.69, 9.17) is 24.7 Å². The lowest BCUT2D eigenvalue weighted by molar-refractivity contribution is 1.18. The number of para-hydroxylation sites is 2. The normalized spacial score (nSPS) is 20.3. The topological polar surface area (TPSA) is 8.17 Å². The molecule has 0 amide bonds. The van der Waals surface area contributed by atoms with Crippen molar-refractivity contribution in [1.29, 1.82) is 0 Å². The maximum atomic E-state index is 10.4. The van der Waals surface area contributed by atoms with Crippen molar-refractivity contribution < 1.29 is 43.9 Å². The van der Waals surface area contributed by atoms with E-state index in [0.717, 1.165) is 0 Å². The Bertz CT molecular complexity index is 4600. The zero-order valence-electron chi connectivity index (χ0n) is 57.3. The Morgan fingerprint density at radius 3 is 1.75 bits per heavy atom. The zero-order valence-corrected chi connectivity index (χ0v) is 26.1. The summed E-state index contributed by atoms with van der Waals surface area (Å²) >= 11 is 0.527. The highest BCUT2D eigenvalue weighted by Crippen LogP contribution is 2.45. The van der Waals surface area contributed by atoms with E-state index in [9.17, 15) is 19.2 Å². The Kier molecular flexibility index (Phi) is 2.76. The molecule has 10 rings (SSSR count). The van der Waals surface area contributed by atoms with Gasteiger partial charge in [-0.1, -0.05) is 127 Å². The fourth-order valence-corrected chi connectivity index (χ4v) is 6.58. The summed E-state index contributed by atoms with van der Waals surface area (Å²) < 4.78 is 290. The molecule has 0 aliphatic rings. The van der Waals surface area contributed by atoms with Gasteiger partial charge < -0.3 is 9.47 Å². The van der Waals surface area contributed by atoms with E-state index < -0.39 is 260 Å². The molecule has 0 saturated heterocycles. The van der Waals surface area contributed by atoms with E-state index in [1.54, 1.807) is 0 Å². The quantitative estimate of drug-likeness (QED) is 0.168. The third kappa shape index (κ3) is 5.01. The number of hydrogen-bond acceptors (Lipinski definition) is 2. The molecule has 240 valence electrons. The molecule has 51 heavy (non-hydrogen) atoms. The summed E-state index contributed by atoms with van der Waals surface area (Å²) in [4.78, 5) is 0.431. The molecule has 2 aromatic heterocycles. The van der Waals surface area contributed by atoms with E-state index in [2.05, 4.69) is 0 Å². The highest BCUT2D eigenvalue weighted by Gasteiger charge is 2.21. The van der Waals surface area contributed by atoms with Crippen LogP contribution in [-0.2, 0) is 0 Å². The lowest BCUT2D eigenvalue weighted by Gasteiger charge is -2.26. The predicted molar refractivity (Wildman–Crippen MR) is 219 cm³/mol. The summed E-state index contributed by atoms with van der Waals surface area (Å²) in [7, 11) is 0. The van der Waals surface area contributed by atoms with Gasteiger partial charge in [-0.3, -0.25) is 0 Å². The van der Waals surface area contributed by atoms with Crippen LogP contribution in [0.2, 0.25) is 0 Å². The summed E-state index contributed by atoms with van der Waals surface area (Å²) in [6, 6.07) is -33.1. The maximum Gasteiger partial charge on any atom is 0.0667 e. The van der Waals surface area contributed by atoms with Crippen molar-refractivity contribution in [2.75, 3.05) is 4.90 Å². The van der Waals surface area contributed by atoms with E-state index in [1.165, 1.54) is 0 Å². The van der Waals surface area contributed by atoms with Gasteiger partial charge in [0.1, 0.15) is 0 Å². The van der Waals surface area contributed by atoms with Gasteiger partial charge in [0.2, 0.25) is 0 Å². The average Bonchev–Trinajstić information content (AvgIpc) is 1.79. The first-order valence-corrected chi connectivity index (χ1v) is 15.6. The summed E-state index contributed by atoms with van der Waals surface area (Å²) in [6.07, 6.45) is 0. The number of rotatable bonds is 6. The van der Waals surface area contributed by atoms with E-state index in [-0.39, 0.29) is 20.2 Å². The van der Waals surface area contributed by atoms with Gasteiger partial charge in [-0.15, -0.1) is 11.3 Å². The summed E-state index contributed by atoms with van der Waals surface area (Å²) in [5, 5.41) is -2.39. The molecule has 0 aliphatic heterocycles. The third-order valence-electron chi connectivity index (χ3n) is 7.69. The lowest BCUT2D eigenvalue weighted by Crippen LogP contribution is -2.09. The Labute approximate surface area is 345 Å². The fourth-order valence-electron chi connectivity index (χ4n) is 5.61. The Balaban J connectivity index is 1.56. The van der Waals surface area contributed by atoms with Crippen molar-refractivity contribution in [3.8, 4) is 27.9 Å². The van der Waals surface area contributed by atoms with Gasteiger partial charge >= 0.3 is 0 Å². The van der Waals surface area contributed by atoms with Crippen LogP contribution in [-0.4, -0.2) is 4.57 Å². The summed E-state index contributed by atoms with van der Waals surface area (Å²) in [5.41, 5.74) is -9.84. The van der Waals surface area contributed by atoms with Crippen LogP contribution in [0.1, 0.15) is 43.9 Å². The van der Waals surface area contributed by atoms with Crippen molar-refractivity contribution in [3.05, 3.63) is 193 Å². The fraction of sp³-hybridized carbons (Fsp3) is 0. The summed E-state index contributed by atoms with van der Waals surface area (Å²) in [6.45, 7) is 0. The number of anilines is 3. The first kappa shape index (κ1) is 11.6. The predicted octanol–water partition coefficient (Wildman–Crippen LogP) is 14.0. The number of thiophene rings is 1. The second-order valence-electron chi connectivity index (χ2n) is 10.5.